The summed E-state index contributed by atoms with van der Waals surface area (Å²) in [7, 11) is 0. The molecule has 180 valence electrons. The number of aldehydes is 1. The van der Waals surface area contributed by atoms with E-state index in [2.05, 4.69) is 10.6 Å². The zero-order chi connectivity index (χ0) is 24.6. The Morgan fingerprint density at radius 2 is 1.94 bits per heavy atom. The minimum Gasteiger partial charge on any atom is -0.486 e. The number of hydrogen-bond donors (Lipinski definition) is 2. The van der Waals surface area contributed by atoms with Crippen molar-refractivity contribution in [2.45, 2.75) is 31.8 Å². The number of carbonyl (C=O) groups is 4. The molecule has 2 aliphatic rings. The van der Waals surface area contributed by atoms with Gasteiger partial charge in [0.1, 0.15) is 22.6 Å². The van der Waals surface area contributed by atoms with E-state index >= 15 is 0 Å². The zero-order valence-electron chi connectivity index (χ0n) is 19.3. The SMILES string of the molecule is CCNC(=O)Nc1sc2ccccc2c1C(=O)N1CCC2(CC1)CC(=O)c1cc(C=O)ccc1O2. The molecule has 35 heavy (non-hydrogen) atoms. The molecule has 0 unspecified atom stereocenters. The van der Waals surface area contributed by atoms with Gasteiger partial charge in [-0.1, -0.05) is 18.2 Å². The lowest BCUT2D eigenvalue weighted by Crippen LogP contribution is -2.52. The van der Waals surface area contributed by atoms with Crippen molar-refractivity contribution in [1.29, 1.82) is 0 Å². The fraction of sp³-hybridized carbons (Fsp3) is 0.308. The third-order valence-corrected chi connectivity index (χ3v) is 7.67. The average Bonchev–Trinajstić information content (AvgIpc) is 3.21. The van der Waals surface area contributed by atoms with Crippen LogP contribution in [-0.2, 0) is 0 Å². The highest BCUT2D eigenvalue weighted by atomic mass is 32.1. The van der Waals surface area contributed by atoms with E-state index in [0.29, 0.717) is 66.2 Å². The van der Waals surface area contributed by atoms with Crippen LogP contribution >= 0.6 is 11.3 Å². The van der Waals surface area contributed by atoms with Crippen LogP contribution in [0.4, 0.5) is 9.80 Å². The first-order valence-corrected chi connectivity index (χ1v) is 12.4. The lowest BCUT2D eigenvalue weighted by Gasteiger charge is -2.44. The van der Waals surface area contributed by atoms with Gasteiger partial charge < -0.3 is 15.0 Å². The number of ether oxygens (including phenoxy) is 1. The number of nitrogens with one attached hydrogen (secondary N) is 2. The Balaban J connectivity index is 1.36. The molecule has 0 bridgehead atoms. The molecule has 0 radical (unpaired) electrons. The van der Waals surface area contributed by atoms with Crippen molar-refractivity contribution >= 4 is 50.4 Å². The number of thiophene rings is 1. The molecule has 1 spiro atoms. The molecule has 0 aliphatic carbocycles. The number of urea groups is 1. The number of likely N-dealkylation sites (tertiary alicyclic amines) is 1. The zero-order valence-corrected chi connectivity index (χ0v) is 20.1. The lowest BCUT2D eigenvalue weighted by molar-refractivity contribution is -0.00562. The number of fused-ring (bicyclic) bond motifs is 2. The van der Waals surface area contributed by atoms with Crippen LogP contribution in [0, 0.1) is 0 Å². The van der Waals surface area contributed by atoms with Crippen molar-refractivity contribution in [3.8, 4) is 5.75 Å². The van der Waals surface area contributed by atoms with Crippen LogP contribution in [0.1, 0.15) is 57.3 Å². The summed E-state index contributed by atoms with van der Waals surface area (Å²) in [6.07, 6.45) is 1.96. The van der Waals surface area contributed by atoms with E-state index in [1.807, 2.05) is 31.2 Å². The summed E-state index contributed by atoms with van der Waals surface area (Å²) < 4.78 is 7.20. The molecule has 9 heteroatoms. The van der Waals surface area contributed by atoms with Gasteiger partial charge >= 0.3 is 6.03 Å². The Labute approximate surface area is 206 Å². The third-order valence-electron chi connectivity index (χ3n) is 6.58. The summed E-state index contributed by atoms with van der Waals surface area (Å²) in [6, 6.07) is 12.1. The van der Waals surface area contributed by atoms with Gasteiger partial charge in [-0.25, -0.2) is 4.79 Å². The normalized spacial score (nSPS) is 16.5. The first-order chi connectivity index (χ1) is 16.9. The lowest BCUT2D eigenvalue weighted by atomic mass is 9.82. The highest BCUT2D eigenvalue weighted by Crippen LogP contribution is 2.41. The Kier molecular flexibility index (Phi) is 6.02. The number of rotatable bonds is 4. The Morgan fingerprint density at radius 3 is 2.69 bits per heavy atom. The maximum absolute atomic E-state index is 13.7. The van der Waals surface area contributed by atoms with Crippen molar-refractivity contribution in [3.63, 3.8) is 0 Å². The maximum Gasteiger partial charge on any atom is 0.319 e. The summed E-state index contributed by atoms with van der Waals surface area (Å²) in [4.78, 5) is 51.6. The second-order valence-electron chi connectivity index (χ2n) is 8.84. The van der Waals surface area contributed by atoms with Gasteiger partial charge in [0, 0.05) is 48.1 Å². The molecular weight excluding hydrogens is 466 g/mol. The summed E-state index contributed by atoms with van der Waals surface area (Å²) in [6.45, 7) is 3.17. The Morgan fingerprint density at radius 1 is 1.17 bits per heavy atom. The Bertz CT molecular complexity index is 1340. The largest absolute Gasteiger partial charge is 0.486 e. The van der Waals surface area contributed by atoms with Gasteiger partial charge in [0.2, 0.25) is 0 Å². The molecule has 1 saturated heterocycles. The molecule has 2 aliphatic heterocycles. The van der Waals surface area contributed by atoms with E-state index in [4.69, 9.17) is 4.74 Å². The first kappa shape index (κ1) is 23.0. The van der Waals surface area contributed by atoms with Crippen molar-refractivity contribution in [2.75, 3.05) is 25.0 Å². The molecule has 1 aromatic heterocycles. The first-order valence-electron chi connectivity index (χ1n) is 11.6. The molecule has 2 N–H and O–H groups in total. The van der Waals surface area contributed by atoms with Crippen molar-refractivity contribution in [3.05, 3.63) is 59.2 Å². The predicted octanol–water partition coefficient (Wildman–Crippen LogP) is 4.50. The second kappa shape index (κ2) is 9.14. The van der Waals surface area contributed by atoms with E-state index < -0.39 is 5.60 Å². The number of hydrogen-bond acceptors (Lipinski definition) is 6. The second-order valence-corrected chi connectivity index (χ2v) is 9.89. The van der Waals surface area contributed by atoms with E-state index in [1.54, 1.807) is 23.1 Å². The molecular formula is C26H25N3O5S. The summed E-state index contributed by atoms with van der Waals surface area (Å²) in [5.41, 5.74) is 0.698. The molecule has 0 saturated carbocycles. The summed E-state index contributed by atoms with van der Waals surface area (Å²) in [5.74, 6) is 0.290. The van der Waals surface area contributed by atoms with Gasteiger partial charge in [0.15, 0.2) is 5.78 Å². The van der Waals surface area contributed by atoms with Crippen LogP contribution in [0.5, 0.6) is 5.75 Å². The number of ketones is 1. The van der Waals surface area contributed by atoms with Gasteiger partial charge in [-0.05, 0) is 31.2 Å². The van der Waals surface area contributed by atoms with E-state index in [9.17, 15) is 19.2 Å². The molecule has 3 heterocycles. The number of nitrogens with zero attached hydrogens (tertiary/aromatic N) is 1. The van der Waals surface area contributed by atoms with Crippen LogP contribution in [0.15, 0.2) is 42.5 Å². The Hall–Kier alpha value is -3.72. The van der Waals surface area contributed by atoms with Gasteiger partial charge in [-0.3, -0.25) is 19.7 Å². The fourth-order valence-electron chi connectivity index (χ4n) is 4.79. The third kappa shape index (κ3) is 4.27. The monoisotopic (exact) mass is 491 g/mol. The van der Waals surface area contributed by atoms with Crippen LogP contribution in [0.25, 0.3) is 10.1 Å². The molecule has 3 aromatic rings. The van der Waals surface area contributed by atoms with E-state index in [-0.39, 0.29) is 24.1 Å². The molecule has 1 fully saturated rings. The van der Waals surface area contributed by atoms with E-state index in [1.165, 1.54) is 11.3 Å². The van der Waals surface area contributed by atoms with Gasteiger partial charge in [0.25, 0.3) is 5.91 Å². The molecule has 0 atom stereocenters. The van der Waals surface area contributed by atoms with Gasteiger partial charge in [-0.15, -0.1) is 11.3 Å². The maximum atomic E-state index is 13.7. The molecule has 8 nitrogen and oxygen atoms in total. The molecule has 3 amide bonds. The summed E-state index contributed by atoms with van der Waals surface area (Å²) in [5, 5.41) is 6.86. The number of piperidine rings is 1. The smallest absolute Gasteiger partial charge is 0.319 e. The fourth-order valence-corrected chi connectivity index (χ4v) is 5.88. The van der Waals surface area contributed by atoms with Gasteiger partial charge in [-0.2, -0.15) is 0 Å². The van der Waals surface area contributed by atoms with Crippen molar-refractivity contribution < 1.29 is 23.9 Å². The average molecular weight is 492 g/mol. The van der Waals surface area contributed by atoms with Crippen molar-refractivity contribution in [1.82, 2.24) is 10.2 Å². The standard InChI is InChI=1S/C26H25N3O5S/c1-2-27-25(33)28-23-22(17-5-3-4-6-21(17)35-23)24(32)29-11-9-26(10-12-29)14-19(31)18-13-16(15-30)7-8-20(18)34-26/h3-8,13,15H,2,9-12,14H2,1H3,(H2,27,28,33). The number of anilines is 1. The van der Waals surface area contributed by atoms with Crippen LogP contribution in [-0.4, -0.2) is 54.1 Å². The van der Waals surface area contributed by atoms with Gasteiger partial charge in [0.05, 0.1) is 17.5 Å². The van der Waals surface area contributed by atoms with E-state index in [0.717, 1.165) is 10.1 Å². The number of carbonyl (C=O) groups excluding carboxylic acids is 4. The highest BCUT2D eigenvalue weighted by molar-refractivity contribution is 7.23. The van der Waals surface area contributed by atoms with Crippen LogP contribution in [0.2, 0.25) is 0 Å². The number of benzene rings is 2. The highest BCUT2D eigenvalue weighted by Gasteiger charge is 2.44. The minimum absolute atomic E-state index is 0.0491. The predicted molar refractivity (Wildman–Crippen MR) is 134 cm³/mol. The molecule has 5 rings (SSSR count). The number of amides is 3. The topological polar surface area (TPSA) is 105 Å². The van der Waals surface area contributed by atoms with Crippen LogP contribution < -0.4 is 15.4 Å². The van der Waals surface area contributed by atoms with Crippen molar-refractivity contribution in [2.24, 2.45) is 0 Å². The minimum atomic E-state index is -0.664. The quantitative estimate of drug-likeness (QED) is 0.523. The summed E-state index contributed by atoms with van der Waals surface area (Å²) >= 11 is 1.37. The van der Waals surface area contributed by atoms with Crippen LogP contribution in [0.3, 0.4) is 0 Å². The number of Topliss-reactive ketones (excluding diaryl/α,β-unsaturated/α-hetero) is 1. The molecule has 2 aromatic carbocycles.